The molecule has 128 valence electrons. The van der Waals surface area contributed by atoms with E-state index in [-0.39, 0.29) is 24.3 Å². The second-order valence-electron chi connectivity index (χ2n) is 5.52. The fraction of sp³-hybridized carbons (Fsp3) is 0.500. The summed E-state index contributed by atoms with van der Waals surface area (Å²) in [4.78, 5) is 25.8. The van der Waals surface area contributed by atoms with E-state index in [2.05, 4.69) is 5.32 Å². The molecular weight excluding hydrogens is 298 g/mol. The van der Waals surface area contributed by atoms with Crippen LogP contribution >= 0.6 is 0 Å². The Hall–Kier alpha value is -2.28. The number of carbonyl (C=O) groups is 2. The van der Waals surface area contributed by atoms with Crippen molar-refractivity contribution in [3.8, 4) is 11.5 Å². The molecule has 0 aliphatic carbocycles. The summed E-state index contributed by atoms with van der Waals surface area (Å²) < 4.78 is 10.5. The number of hydrogen-bond donors (Lipinski definition) is 2. The molecule has 0 aliphatic rings. The molecule has 1 unspecified atom stereocenters. The van der Waals surface area contributed by atoms with Crippen LogP contribution in [0.5, 0.6) is 11.5 Å². The summed E-state index contributed by atoms with van der Waals surface area (Å²) in [7, 11) is 6.26. The Labute approximate surface area is 136 Å². The lowest BCUT2D eigenvalue weighted by Gasteiger charge is -2.18. The van der Waals surface area contributed by atoms with Crippen molar-refractivity contribution in [3.63, 3.8) is 0 Å². The molecule has 7 heteroatoms. The molecule has 0 saturated heterocycles. The van der Waals surface area contributed by atoms with Gasteiger partial charge in [0.15, 0.2) is 11.5 Å². The molecule has 0 aromatic heterocycles. The maximum atomic E-state index is 12.3. The second kappa shape index (κ2) is 8.38. The number of methoxy groups -OCH3 is 2. The summed E-state index contributed by atoms with van der Waals surface area (Å²) in [5, 5.41) is 2.75. The fourth-order valence-corrected chi connectivity index (χ4v) is 1.97. The molecule has 3 N–H and O–H groups in total. The van der Waals surface area contributed by atoms with Gasteiger partial charge >= 0.3 is 0 Å². The van der Waals surface area contributed by atoms with E-state index in [1.807, 2.05) is 6.92 Å². The van der Waals surface area contributed by atoms with Gasteiger partial charge in [-0.2, -0.15) is 0 Å². The van der Waals surface area contributed by atoms with E-state index in [1.54, 1.807) is 26.2 Å². The van der Waals surface area contributed by atoms with E-state index < -0.39 is 0 Å². The van der Waals surface area contributed by atoms with Gasteiger partial charge in [-0.3, -0.25) is 9.59 Å². The normalized spacial score (nSPS) is 11.6. The summed E-state index contributed by atoms with van der Waals surface area (Å²) in [6, 6.07) is 3.08. The van der Waals surface area contributed by atoms with Crippen molar-refractivity contribution in [2.24, 2.45) is 5.73 Å². The Morgan fingerprint density at radius 2 is 1.78 bits per heavy atom. The number of anilines is 1. The van der Waals surface area contributed by atoms with Crippen LogP contribution < -0.4 is 20.5 Å². The van der Waals surface area contributed by atoms with E-state index in [4.69, 9.17) is 15.2 Å². The summed E-state index contributed by atoms with van der Waals surface area (Å²) in [5.41, 5.74) is 6.38. The Kier molecular flexibility index (Phi) is 6.84. The third kappa shape index (κ3) is 5.14. The van der Waals surface area contributed by atoms with Crippen LogP contribution in [0.3, 0.4) is 0 Å². The van der Waals surface area contributed by atoms with Crippen LogP contribution in [0.25, 0.3) is 0 Å². The number of nitrogens with two attached hydrogens (primary N) is 1. The topological polar surface area (TPSA) is 93.9 Å². The van der Waals surface area contributed by atoms with E-state index >= 15 is 0 Å². The van der Waals surface area contributed by atoms with Crippen LogP contribution in [-0.2, 0) is 4.79 Å². The van der Waals surface area contributed by atoms with Crippen molar-refractivity contribution < 1.29 is 19.1 Å². The lowest BCUT2D eigenvalue weighted by Crippen LogP contribution is -2.25. The highest BCUT2D eigenvalue weighted by molar-refractivity contribution is 6.04. The van der Waals surface area contributed by atoms with Crippen molar-refractivity contribution in [1.82, 2.24) is 4.90 Å². The number of carbonyl (C=O) groups excluding carboxylic acids is 2. The molecule has 1 atom stereocenters. The Balaban J connectivity index is 3.16. The molecule has 0 bridgehead atoms. The first-order valence-electron chi connectivity index (χ1n) is 7.33. The minimum Gasteiger partial charge on any atom is -0.493 e. The third-order valence-corrected chi connectivity index (χ3v) is 3.26. The fourth-order valence-electron chi connectivity index (χ4n) is 1.97. The molecular formula is C16H25N3O4. The number of amides is 2. The largest absolute Gasteiger partial charge is 0.493 e. The number of nitrogens with one attached hydrogen (secondary N) is 1. The van der Waals surface area contributed by atoms with Crippen molar-refractivity contribution >= 4 is 17.5 Å². The Bertz CT molecular complexity index is 571. The van der Waals surface area contributed by atoms with Gasteiger partial charge in [0.1, 0.15) is 0 Å². The number of rotatable bonds is 7. The molecule has 2 amide bonds. The monoisotopic (exact) mass is 323 g/mol. The Morgan fingerprint density at radius 1 is 1.22 bits per heavy atom. The highest BCUT2D eigenvalue weighted by Crippen LogP contribution is 2.34. The standard InChI is InChI=1S/C16H25N3O4/c1-10(17)6-7-15(20)18-12-9-14(23-5)13(22-4)8-11(12)16(21)19(2)3/h8-10H,6-7,17H2,1-5H3,(H,18,20). The second-order valence-corrected chi connectivity index (χ2v) is 5.52. The van der Waals surface area contributed by atoms with Crippen molar-refractivity contribution in [1.29, 1.82) is 0 Å². The Morgan fingerprint density at radius 3 is 2.26 bits per heavy atom. The zero-order valence-corrected chi connectivity index (χ0v) is 14.3. The molecule has 0 spiro atoms. The summed E-state index contributed by atoms with van der Waals surface area (Å²) in [6.45, 7) is 1.84. The van der Waals surface area contributed by atoms with Gasteiger partial charge < -0.3 is 25.4 Å². The van der Waals surface area contributed by atoms with Gasteiger partial charge in [0, 0.05) is 32.6 Å². The molecule has 1 rings (SSSR count). The molecule has 0 heterocycles. The number of nitrogens with zero attached hydrogens (tertiary/aromatic N) is 1. The van der Waals surface area contributed by atoms with Crippen LogP contribution in [0, 0.1) is 0 Å². The molecule has 0 fully saturated rings. The molecule has 1 aromatic rings. The van der Waals surface area contributed by atoms with Gasteiger partial charge in [-0.15, -0.1) is 0 Å². The minimum absolute atomic E-state index is 0.0611. The highest BCUT2D eigenvalue weighted by Gasteiger charge is 2.19. The molecule has 23 heavy (non-hydrogen) atoms. The van der Waals surface area contributed by atoms with E-state index in [1.165, 1.54) is 19.1 Å². The van der Waals surface area contributed by atoms with Crippen LogP contribution in [0.15, 0.2) is 12.1 Å². The molecule has 1 aromatic carbocycles. The smallest absolute Gasteiger partial charge is 0.255 e. The van der Waals surface area contributed by atoms with Gasteiger partial charge in [0.25, 0.3) is 5.91 Å². The summed E-state index contributed by atoms with van der Waals surface area (Å²) in [5.74, 6) is 0.410. The predicted octanol–water partition coefficient (Wildman–Crippen LogP) is 1.47. The molecule has 0 saturated carbocycles. The summed E-state index contributed by atoms with van der Waals surface area (Å²) in [6.07, 6.45) is 0.845. The SMILES string of the molecule is COc1cc(NC(=O)CCC(C)N)c(C(=O)N(C)C)cc1OC. The van der Waals surface area contributed by atoms with E-state index in [9.17, 15) is 9.59 Å². The highest BCUT2D eigenvalue weighted by atomic mass is 16.5. The van der Waals surface area contributed by atoms with Crippen molar-refractivity contribution in [2.45, 2.75) is 25.8 Å². The van der Waals surface area contributed by atoms with E-state index in [0.717, 1.165) is 0 Å². The van der Waals surface area contributed by atoms with Crippen LogP contribution in [-0.4, -0.2) is 51.1 Å². The van der Waals surface area contributed by atoms with Crippen LogP contribution in [0.1, 0.15) is 30.1 Å². The molecule has 7 nitrogen and oxygen atoms in total. The lowest BCUT2D eigenvalue weighted by atomic mass is 10.1. The molecule has 0 aliphatic heterocycles. The maximum absolute atomic E-state index is 12.3. The van der Waals surface area contributed by atoms with Gasteiger partial charge in [-0.1, -0.05) is 0 Å². The third-order valence-electron chi connectivity index (χ3n) is 3.26. The van der Waals surface area contributed by atoms with Crippen molar-refractivity contribution in [2.75, 3.05) is 33.6 Å². The average Bonchev–Trinajstić information content (AvgIpc) is 2.51. The first kappa shape index (κ1) is 18.8. The number of benzene rings is 1. The van der Waals surface area contributed by atoms with Gasteiger partial charge in [0.2, 0.25) is 5.91 Å². The maximum Gasteiger partial charge on any atom is 0.255 e. The zero-order valence-electron chi connectivity index (χ0n) is 14.3. The van der Waals surface area contributed by atoms with Gasteiger partial charge in [-0.25, -0.2) is 0 Å². The molecule has 0 radical (unpaired) electrons. The van der Waals surface area contributed by atoms with Gasteiger partial charge in [0.05, 0.1) is 25.5 Å². The lowest BCUT2D eigenvalue weighted by molar-refractivity contribution is -0.116. The van der Waals surface area contributed by atoms with Crippen molar-refractivity contribution in [3.05, 3.63) is 17.7 Å². The first-order valence-corrected chi connectivity index (χ1v) is 7.33. The van der Waals surface area contributed by atoms with Crippen LogP contribution in [0.4, 0.5) is 5.69 Å². The quantitative estimate of drug-likeness (QED) is 0.792. The number of hydrogen-bond acceptors (Lipinski definition) is 5. The summed E-state index contributed by atoms with van der Waals surface area (Å²) >= 11 is 0. The average molecular weight is 323 g/mol. The predicted molar refractivity (Wildman–Crippen MR) is 89.1 cm³/mol. The first-order chi connectivity index (χ1) is 10.8. The minimum atomic E-state index is -0.242. The number of ether oxygens (including phenoxy) is 2. The van der Waals surface area contributed by atoms with Crippen LogP contribution in [0.2, 0.25) is 0 Å². The zero-order chi connectivity index (χ0) is 17.6. The van der Waals surface area contributed by atoms with Gasteiger partial charge in [-0.05, 0) is 19.4 Å². The van der Waals surface area contributed by atoms with E-state index in [0.29, 0.717) is 29.2 Å².